The Balaban J connectivity index is 1.60. The SMILES string of the molecule is O=C1NC(c2ccccc2)=N/C1=C/c1cn(-c2ccccc2)nc1-c1cccnc1. The molecule has 144 valence electrons. The van der Waals surface area contributed by atoms with Crippen molar-refractivity contribution in [2.75, 3.05) is 0 Å². The molecule has 5 rings (SSSR count). The van der Waals surface area contributed by atoms with Gasteiger partial charge in [0, 0.05) is 35.3 Å². The minimum atomic E-state index is -0.238. The maximum Gasteiger partial charge on any atom is 0.275 e. The number of amidine groups is 1. The average Bonchev–Trinajstić information content (AvgIpc) is 3.40. The second-order valence-electron chi connectivity index (χ2n) is 6.77. The molecule has 0 fully saturated rings. The van der Waals surface area contributed by atoms with Gasteiger partial charge in [-0.1, -0.05) is 48.5 Å². The van der Waals surface area contributed by atoms with Gasteiger partial charge in [-0.25, -0.2) is 9.67 Å². The second-order valence-corrected chi connectivity index (χ2v) is 6.77. The molecule has 0 aliphatic carbocycles. The van der Waals surface area contributed by atoms with Crippen molar-refractivity contribution in [1.82, 2.24) is 20.1 Å². The van der Waals surface area contributed by atoms with Gasteiger partial charge in [0.2, 0.25) is 0 Å². The number of hydrogen-bond donors (Lipinski definition) is 1. The highest BCUT2D eigenvalue weighted by Gasteiger charge is 2.22. The lowest BCUT2D eigenvalue weighted by molar-refractivity contribution is -0.115. The second kappa shape index (κ2) is 7.60. The number of carbonyl (C=O) groups excluding carboxylic acids is 1. The number of aromatic nitrogens is 3. The normalized spacial score (nSPS) is 14.6. The van der Waals surface area contributed by atoms with E-state index in [1.54, 1.807) is 23.2 Å². The zero-order valence-corrected chi connectivity index (χ0v) is 15.9. The van der Waals surface area contributed by atoms with E-state index in [9.17, 15) is 4.79 Å². The molecule has 0 spiro atoms. The first-order chi connectivity index (χ1) is 14.8. The predicted molar refractivity (Wildman–Crippen MR) is 116 cm³/mol. The Hall–Kier alpha value is -4.32. The standard InChI is InChI=1S/C24H17N5O/c30-24-21(26-23(27-24)17-8-3-1-4-9-17)14-19-16-29(20-11-5-2-6-12-20)28-22(19)18-10-7-13-25-15-18/h1-16H,(H,26,27,30)/b21-14+. The lowest BCUT2D eigenvalue weighted by Gasteiger charge is -2.00. The van der Waals surface area contributed by atoms with Crippen LogP contribution in [0.1, 0.15) is 11.1 Å². The highest BCUT2D eigenvalue weighted by atomic mass is 16.2. The van der Waals surface area contributed by atoms with E-state index in [4.69, 9.17) is 5.10 Å². The number of para-hydroxylation sites is 1. The fraction of sp³-hybridized carbons (Fsp3) is 0. The summed E-state index contributed by atoms with van der Waals surface area (Å²) in [5.41, 5.74) is 4.51. The smallest absolute Gasteiger partial charge is 0.275 e. The van der Waals surface area contributed by atoms with Crippen molar-refractivity contribution in [1.29, 1.82) is 0 Å². The number of hydrogen-bond acceptors (Lipinski definition) is 4. The largest absolute Gasteiger partial charge is 0.305 e. The first-order valence-corrected chi connectivity index (χ1v) is 9.50. The van der Waals surface area contributed by atoms with Crippen LogP contribution >= 0.6 is 0 Å². The summed E-state index contributed by atoms with van der Waals surface area (Å²) >= 11 is 0. The third-order valence-electron chi connectivity index (χ3n) is 4.73. The Morgan fingerprint density at radius 2 is 1.60 bits per heavy atom. The van der Waals surface area contributed by atoms with E-state index in [2.05, 4.69) is 15.3 Å². The van der Waals surface area contributed by atoms with Gasteiger partial charge in [0.15, 0.2) is 0 Å². The van der Waals surface area contributed by atoms with Crippen LogP contribution in [0.5, 0.6) is 0 Å². The first kappa shape index (κ1) is 17.8. The van der Waals surface area contributed by atoms with Crippen LogP contribution in [0.25, 0.3) is 23.0 Å². The van der Waals surface area contributed by atoms with Gasteiger partial charge in [0.1, 0.15) is 17.2 Å². The Morgan fingerprint density at radius 1 is 0.867 bits per heavy atom. The van der Waals surface area contributed by atoms with Gasteiger partial charge in [-0.15, -0.1) is 0 Å². The lowest BCUT2D eigenvalue weighted by Crippen LogP contribution is -2.24. The molecule has 0 saturated heterocycles. The zero-order chi connectivity index (χ0) is 20.3. The van der Waals surface area contributed by atoms with Gasteiger partial charge in [0.25, 0.3) is 5.91 Å². The van der Waals surface area contributed by atoms with E-state index in [0.717, 1.165) is 28.1 Å². The minimum Gasteiger partial charge on any atom is -0.305 e. The zero-order valence-electron chi connectivity index (χ0n) is 15.9. The quantitative estimate of drug-likeness (QED) is 0.537. The summed E-state index contributed by atoms with van der Waals surface area (Å²) in [6, 6.07) is 23.2. The average molecular weight is 391 g/mol. The molecule has 3 heterocycles. The molecular formula is C24H17N5O. The van der Waals surface area contributed by atoms with E-state index < -0.39 is 0 Å². The number of pyridine rings is 1. The van der Waals surface area contributed by atoms with Crippen molar-refractivity contribution >= 4 is 17.8 Å². The Labute approximate surface area is 173 Å². The maximum absolute atomic E-state index is 12.6. The van der Waals surface area contributed by atoms with Gasteiger partial charge >= 0.3 is 0 Å². The molecule has 30 heavy (non-hydrogen) atoms. The highest BCUT2D eigenvalue weighted by molar-refractivity contribution is 6.19. The van der Waals surface area contributed by atoms with Crippen molar-refractivity contribution < 1.29 is 4.79 Å². The molecule has 6 nitrogen and oxygen atoms in total. The molecular weight excluding hydrogens is 374 g/mol. The molecule has 6 heteroatoms. The molecule has 0 saturated carbocycles. The highest BCUT2D eigenvalue weighted by Crippen LogP contribution is 2.26. The monoisotopic (exact) mass is 391 g/mol. The van der Waals surface area contributed by atoms with Gasteiger partial charge in [0.05, 0.1) is 5.69 Å². The number of nitrogens with zero attached hydrogens (tertiary/aromatic N) is 4. The van der Waals surface area contributed by atoms with Crippen LogP contribution in [0.4, 0.5) is 0 Å². The van der Waals surface area contributed by atoms with E-state index >= 15 is 0 Å². The Bertz CT molecular complexity index is 1260. The number of nitrogens with one attached hydrogen (secondary N) is 1. The molecule has 1 N–H and O–H groups in total. The summed E-state index contributed by atoms with van der Waals surface area (Å²) in [7, 11) is 0. The fourth-order valence-electron chi connectivity index (χ4n) is 3.28. The number of carbonyl (C=O) groups is 1. The van der Waals surface area contributed by atoms with E-state index in [0.29, 0.717) is 11.5 Å². The Morgan fingerprint density at radius 3 is 2.33 bits per heavy atom. The summed E-state index contributed by atoms with van der Waals surface area (Å²) in [4.78, 5) is 21.3. The number of rotatable bonds is 4. The predicted octanol–water partition coefficient (Wildman–Crippen LogP) is 3.85. The van der Waals surface area contributed by atoms with Crippen LogP contribution in [0, 0.1) is 0 Å². The van der Waals surface area contributed by atoms with Crippen LogP contribution < -0.4 is 5.32 Å². The molecule has 4 aromatic rings. The van der Waals surface area contributed by atoms with E-state index in [1.807, 2.05) is 79.0 Å². The van der Waals surface area contributed by atoms with Gasteiger partial charge in [-0.3, -0.25) is 9.78 Å². The summed E-state index contributed by atoms with van der Waals surface area (Å²) in [5, 5.41) is 7.59. The number of benzene rings is 2. The van der Waals surface area contributed by atoms with Crippen LogP contribution in [-0.2, 0) is 4.79 Å². The Kier molecular flexibility index (Phi) is 4.50. The van der Waals surface area contributed by atoms with Gasteiger partial charge in [-0.2, -0.15) is 5.10 Å². The topological polar surface area (TPSA) is 72.2 Å². The maximum atomic E-state index is 12.6. The molecule has 1 amide bonds. The van der Waals surface area contributed by atoms with Crippen molar-refractivity contribution in [3.8, 4) is 16.9 Å². The number of aliphatic imine (C=N–C) groups is 1. The van der Waals surface area contributed by atoms with Crippen molar-refractivity contribution in [2.24, 2.45) is 4.99 Å². The summed E-state index contributed by atoms with van der Waals surface area (Å²) in [6.45, 7) is 0. The van der Waals surface area contributed by atoms with Gasteiger partial charge in [-0.05, 0) is 30.3 Å². The molecule has 1 aliphatic rings. The number of amides is 1. The van der Waals surface area contributed by atoms with E-state index in [1.165, 1.54) is 0 Å². The lowest BCUT2D eigenvalue weighted by atomic mass is 10.1. The molecule has 0 unspecified atom stereocenters. The fourth-order valence-corrected chi connectivity index (χ4v) is 3.28. The molecule has 0 radical (unpaired) electrons. The van der Waals surface area contributed by atoms with Crippen molar-refractivity contribution in [3.63, 3.8) is 0 Å². The molecule has 1 aliphatic heterocycles. The summed E-state index contributed by atoms with van der Waals surface area (Å²) < 4.78 is 1.80. The van der Waals surface area contributed by atoms with Crippen molar-refractivity contribution in [2.45, 2.75) is 0 Å². The molecule has 2 aromatic carbocycles. The first-order valence-electron chi connectivity index (χ1n) is 9.50. The molecule has 0 bridgehead atoms. The minimum absolute atomic E-state index is 0.238. The van der Waals surface area contributed by atoms with Crippen LogP contribution in [0.2, 0.25) is 0 Å². The summed E-state index contributed by atoms with van der Waals surface area (Å²) in [5.74, 6) is 0.309. The van der Waals surface area contributed by atoms with Crippen molar-refractivity contribution in [3.05, 3.63) is 108 Å². The van der Waals surface area contributed by atoms with Crippen LogP contribution in [0.15, 0.2) is 102 Å². The van der Waals surface area contributed by atoms with Crippen LogP contribution in [-0.4, -0.2) is 26.5 Å². The van der Waals surface area contributed by atoms with E-state index in [-0.39, 0.29) is 5.91 Å². The molecule has 0 atom stereocenters. The molecule has 2 aromatic heterocycles. The van der Waals surface area contributed by atoms with Crippen LogP contribution in [0.3, 0.4) is 0 Å². The third kappa shape index (κ3) is 3.42. The van der Waals surface area contributed by atoms with Gasteiger partial charge < -0.3 is 5.32 Å². The summed E-state index contributed by atoms with van der Waals surface area (Å²) in [6.07, 6.45) is 7.14. The third-order valence-corrected chi connectivity index (χ3v) is 4.73.